The molecule has 2 aliphatic rings. The molecule has 10 heavy (non-hydrogen) atoms. The first kappa shape index (κ1) is 5.88. The monoisotopic (exact) mass is 141 g/mol. The average Bonchev–Trinajstić information content (AvgIpc) is 2.61. The fraction of sp³-hybridized carbons (Fsp3) is 0.500. The fourth-order valence-corrected chi connectivity index (χ4v) is 1.12. The number of rotatable bonds is 0. The maximum Gasteiger partial charge on any atom is 0.209 e. The van der Waals surface area contributed by atoms with Gasteiger partial charge in [0.25, 0.3) is 0 Å². The minimum atomic E-state index is -0.692. The normalized spacial score (nSPS) is 44.3. The van der Waals surface area contributed by atoms with Crippen LogP contribution in [0.4, 0.5) is 0 Å². The second-order valence-electron chi connectivity index (χ2n) is 2.50. The molecular weight excluding hydrogens is 134 g/mol. The zero-order chi connectivity index (χ0) is 7.30. The molecule has 1 aliphatic heterocycles. The van der Waals surface area contributed by atoms with E-state index < -0.39 is 12.2 Å². The zero-order valence-electron chi connectivity index (χ0n) is 5.15. The molecule has 0 spiro atoms. The number of Topliss-reactive ketones (excluding diaryl/α,β-unsaturated/α-hetero) is 1. The molecule has 0 radical (unpaired) electrons. The predicted octanol–water partition coefficient (Wildman–Crippen LogP) is -1.46. The van der Waals surface area contributed by atoms with E-state index >= 15 is 0 Å². The molecule has 1 saturated heterocycles. The quantitative estimate of drug-likeness (QED) is 0.404. The zero-order valence-corrected chi connectivity index (χ0v) is 5.15. The molecule has 0 aromatic rings. The molecule has 0 unspecified atom stereocenters. The van der Waals surface area contributed by atoms with Gasteiger partial charge in [-0.05, 0) is 6.08 Å². The van der Waals surface area contributed by atoms with Crippen molar-refractivity contribution < 1.29 is 14.6 Å². The Hall–Kier alpha value is -0.870. The number of epoxide rings is 1. The van der Waals surface area contributed by atoms with Crippen molar-refractivity contribution in [3.8, 4) is 0 Å². The third-order valence-electron chi connectivity index (χ3n) is 1.76. The second kappa shape index (κ2) is 1.59. The van der Waals surface area contributed by atoms with E-state index in [1.54, 1.807) is 0 Å². The lowest BCUT2D eigenvalue weighted by atomic mass is 10.0. The number of nitrogens with two attached hydrogens (primary N) is 1. The Kier molecular flexibility index (Phi) is 0.934. The minimum absolute atomic E-state index is 0.117. The standard InChI is InChI=1S/C6H7NO3/c7-2-1-3(8)5-6(10-5)4(2)9/h1,3,5-6,8H,7H2/t3-,5-,6+/m0/s1. The van der Waals surface area contributed by atoms with Crippen LogP contribution in [0.25, 0.3) is 0 Å². The number of fused-ring (bicyclic) bond motifs is 1. The van der Waals surface area contributed by atoms with Crippen LogP contribution in [0.1, 0.15) is 0 Å². The van der Waals surface area contributed by atoms with Crippen molar-refractivity contribution in [1.82, 2.24) is 0 Å². The average molecular weight is 141 g/mol. The molecule has 1 aliphatic carbocycles. The molecule has 0 aromatic carbocycles. The van der Waals surface area contributed by atoms with Crippen LogP contribution >= 0.6 is 0 Å². The van der Waals surface area contributed by atoms with Crippen molar-refractivity contribution in [2.45, 2.75) is 18.3 Å². The summed E-state index contributed by atoms with van der Waals surface area (Å²) in [7, 11) is 0. The van der Waals surface area contributed by atoms with Gasteiger partial charge < -0.3 is 15.6 Å². The largest absolute Gasteiger partial charge is 0.396 e. The summed E-state index contributed by atoms with van der Waals surface area (Å²) in [6, 6.07) is 0. The van der Waals surface area contributed by atoms with Gasteiger partial charge in [-0.2, -0.15) is 0 Å². The molecule has 0 saturated carbocycles. The molecule has 4 heteroatoms. The smallest absolute Gasteiger partial charge is 0.209 e. The first-order valence-corrected chi connectivity index (χ1v) is 3.05. The van der Waals surface area contributed by atoms with E-state index in [0.29, 0.717) is 0 Å². The third kappa shape index (κ3) is 0.600. The summed E-state index contributed by atoms with van der Waals surface area (Å²) in [6.45, 7) is 0. The Balaban J connectivity index is 2.30. The maximum absolute atomic E-state index is 10.9. The molecule has 2 rings (SSSR count). The molecule has 1 heterocycles. The highest BCUT2D eigenvalue weighted by atomic mass is 16.6. The number of aliphatic hydroxyl groups excluding tert-OH is 1. The Morgan fingerprint density at radius 1 is 1.70 bits per heavy atom. The first-order valence-electron chi connectivity index (χ1n) is 3.05. The number of ketones is 1. The van der Waals surface area contributed by atoms with E-state index in [1.807, 2.05) is 0 Å². The molecule has 1 fully saturated rings. The summed E-state index contributed by atoms with van der Waals surface area (Å²) in [6.07, 6.45) is -0.140. The Bertz CT molecular complexity index is 223. The number of carbonyl (C=O) groups is 1. The number of carbonyl (C=O) groups excluding carboxylic acids is 1. The summed E-state index contributed by atoms with van der Waals surface area (Å²) in [5, 5.41) is 9.07. The number of hydrogen-bond donors (Lipinski definition) is 2. The lowest BCUT2D eigenvalue weighted by Gasteiger charge is -2.07. The van der Waals surface area contributed by atoms with Gasteiger partial charge >= 0.3 is 0 Å². The molecule has 3 atom stereocenters. The van der Waals surface area contributed by atoms with Crippen molar-refractivity contribution in [3.63, 3.8) is 0 Å². The highest BCUT2D eigenvalue weighted by Gasteiger charge is 2.52. The van der Waals surface area contributed by atoms with Crippen LogP contribution in [0.15, 0.2) is 11.8 Å². The van der Waals surface area contributed by atoms with E-state index in [-0.39, 0.29) is 17.6 Å². The highest BCUT2D eigenvalue weighted by molar-refractivity contribution is 6.01. The third-order valence-corrected chi connectivity index (χ3v) is 1.76. The first-order chi connectivity index (χ1) is 4.70. The Labute approximate surface area is 57.3 Å². The van der Waals surface area contributed by atoms with Crippen molar-refractivity contribution in [2.75, 3.05) is 0 Å². The van der Waals surface area contributed by atoms with Crippen molar-refractivity contribution >= 4 is 5.78 Å². The van der Waals surface area contributed by atoms with E-state index in [1.165, 1.54) is 6.08 Å². The SMILES string of the molecule is NC1=C[C@H](O)[C@@H]2O[C@@H]2C1=O. The maximum atomic E-state index is 10.9. The molecule has 54 valence electrons. The van der Waals surface area contributed by atoms with Crippen LogP contribution in [-0.2, 0) is 9.53 Å². The summed E-state index contributed by atoms with van der Waals surface area (Å²) < 4.78 is 4.84. The van der Waals surface area contributed by atoms with Gasteiger partial charge in [0.2, 0.25) is 5.78 Å². The van der Waals surface area contributed by atoms with E-state index in [0.717, 1.165) is 0 Å². The van der Waals surface area contributed by atoms with Crippen LogP contribution in [0.5, 0.6) is 0 Å². The van der Waals surface area contributed by atoms with Crippen molar-refractivity contribution in [3.05, 3.63) is 11.8 Å². The molecule has 4 nitrogen and oxygen atoms in total. The van der Waals surface area contributed by atoms with Gasteiger partial charge in [-0.25, -0.2) is 0 Å². The van der Waals surface area contributed by atoms with Gasteiger partial charge in [0.05, 0.1) is 5.70 Å². The number of hydrogen-bond acceptors (Lipinski definition) is 4. The van der Waals surface area contributed by atoms with Crippen LogP contribution < -0.4 is 5.73 Å². The van der Waals surface area contributed by atoms with Crippen LogP contribution in [-0.4, -0.2) is 29.2 Å². The molecule has 0 amide bonds. The fourth-order valence-electron chi connectivity index (χ4n) is 1.12. The minimum Gasteiger partial charge on any atom is -0.396 e. The Morgan fingerprint density at radius 3 is 3.10 bits per heavy atom. The van der Waals surface area contributed by atoms with Gasteiger partial charge in [-0.1, -0.05) is 0 Å². The van der Waals surface area contributed by atoms with Gasteiger partial charge in [0.15, 0.2) is 6.10 Å². The van der Waals surface area contributed by atoms with Crippen LogP contribution in [0, 0.1) is 0 Å². The van der Waals surface area contributed by atoms with Gasteiger partial charge in [0.1, 0.15) is 12.2 Å². The molecule has 0 aromatic heterocycles. The molecule has 0 bridgehead atoms. The molecule has 3 N–H and O–H groups in total. The van der Waals surface area contributed by atoms with Crippen molar-refractivity contribution in [1.29, 1.82) is 0 Å². The van der Waals surface area contributed by atoms with E-state index in [4.69, 9.17) is 15.6 Å². The predicted molar refractivity (Wildman–Crippen MR) is 31.9 cm³/mol. The highest BCUT2D eigenvalue weighted by Crippen LogP contribution is 2.32. The van der Waals surface area contributed by atoms with Crippen molar-refractivity contribution in [2.24, 2.45) is 5.73 Å². The van der Waals surface area contributed by atoms with Gasteiger partial charge in [0, 0.05) is 0 Å². The van der Waals surface area contributed by atoms with Gasteiger partial charge in [-0.15, -0.1) is 0 Å². The summed E-state index contributed by atoms with van der Waals surface area (Å²) in [4.78, 5) is 10.9. The lowest BCUT2D eigenvalue weighted by molar-refractivity contribution is -0.117. The summed E-state index contributed by atoms with van der Waals surface area (Å²) in [5.41, 5.74) is 5.37. The van der Waals surface area contributed by atoms with Crippen LogP contribution in [0.3, 0.4) is 0 Å². The summed E-state index contributed by atoms with van der Waals surface area (Å²) in [5.74, 6) is -0.199. The summed E-state index contributed by atoms with van der Waals surface area (Å²) >= 11 is 0. The van der Waals surface area contributed by atoms with Crippen LogP contribution in [0.2, 0.25) is 0 Å². The molecular formula is C6H7NO3. The second-order valence-corrected chi connectivity index (χ2v) is 2.50. The number of ether oxygens (including phenoxy) is 1. The van der Waals surface area contributed by atoms with Gasteiger partial charge in [-0.3, -0.25) is 4.79 Å². The Morgan fingerprint density at radius 2 is 2.40 bits per heavy atom. The number of aliphatic hydroxyl groups is 1. The topological polar surface area (TPSA) is 75.8 Å². The van der Waals surface area contributed by atoms with E-state index in [9.17, 15) is 4.79 Å². The van der Waals surface area contributed by atoms with E-state index in [2.05, 4.69) is 0 Å². The lowest BCUT2D eigenvalue weighted by Crippen LogP contribution is -2.29.